The molecule has 1 saturated heterocycles. The van der Waals surface area contributed by atoms with Crippen LogP contribution in [-0.4, -0.2) is 32.7 Å². The van der Waals surface area contributed by atoms with E-state index in [1.807, 2.05) is 6.07 Å². The number of fused-ring (bicyclic) bond motifs is 1. The van der Waals surface area contributed by atoms with Crippen LogP contribution >= 0.6 is 0 Å². The van der Waals surface area contributed by atoms with E-state index in [2.05, 4.69) is 0 Å². The maximum atomic E-state index is 13.4. The van der Waals surface area contributed by atoms with Crippen LogP contribution in [0.15, 0.2) is 54.6 Å². The third-order valence-electron chi connectivity index (χ3n) is 5.80. The van der Waals surface area contributed by atoms with E-state index in [1.165, 1.54) is 24.3 Å². The Labute approximate surface area is 173 Å². The van der Waals surface area contributed by atoms with Gasteiger partial charge < -0.3 is 0 Å². The van der Waals surface area contributed by atoms with Gasteiger partial charge in [0.1, 0.15) is 5.56 Å². The highest BCUT2D eigenvalue weighted by Gasteiger charge is 2.51. The molecule has 0 unspecified atom stereocenters. The Hall–Kier alpha value is -3.55. The largest absolute Gasteiger partial charge is 0.282 e. The van der Waals surface area contributed by atoms with Crippen molar-refractivity contribution in [2.75, 3.05) is 0 Å². The lowest BCUT2D eigenvalue weighted by atomic mass is 9.81. The molecule has 0 radical (unpaired) electrons. The topological polar surface area (TPSA) is 101 Å². The van der Waals surface area contributed by atoms with Crippen molar-refractivity contribution in [3.63, 3.8) is 0 Å². The Bertz CT molecular complexity index is 983. The smallest absolute Gasteiger partial charge is 0.272 e. The summed E-state index contributed by atoms with van der Waals surface area (Å²) >= 11 is 0. The van der Waals surface area contributed by atoms with Gasteiger partial charge in [0.15, 0.2) is 0 Å². The van der Waals surface area contributed by atoms with Crippen LogP contribution in [0, 0.1) is 22.0 Å². The fourth-order valence-corrected chi connectivity index (χ4v) is 4.33. The van der Waals surface area contributed by atoms with Crippen molar-refractivity contribution in [1.82, 2.24) is 10.0 Å². The normalized spacial score (nSPS) is 20.7. The van der Waals surface area contributed by atoms with E-state index in [0.717, 1.165) is 22.9 Å². The zero-order valence-corrected chi connectivity index (χ0v) is 16.3. The minimum atomic E-state index is -0.744. The number of imide groups is 1. The maximum absolute atomic E-state index is 13.4. The summed E-state index contributed by atoms with van der Waals surface area (Å²) in [6, 6.07) is 14.5. The summed E-state index contributed by atoms with van der Waals surface area (Å²) in [5.74, 6) is -2.39. The van der Waals surface area contributed by atoms with Crippen molar-refractivity contribution < 1.29 is 19.3 Å². The van der Waals surface area contributed by atoms with Gasteiger partial charge >= 0.3 is 0 Å². The molecule has 1 saturated carbocycles. The molecule has 2 aromatic carbocycles. The number of hydrogen-bond donors (Lipinski definition) is 0. The molecule has 1 heterocycles. The second-order valence-electron chi connectivity index (χ2n) is 7.61. The molecule has 2 atom stereocenters. The summed E-state index contributed by atoms with van der Waals surface area (Å²) in [7, 11) is 0. The first-order valence-electron chi connectivity index (χ1n) is 9.96. The predicted molar refractivity (Wildman–Crippen MR) is 107 cm³/mol. The monoisotopic (exact) mass is 407 g/mol. The molecule has 4 rings (SSSR count). The Morgan fingerprint density at radius 2 is 1.53 bits per heavy atom. The molecule has 1 aliphatic heterocycles. The Kier molecular flexibility index (Phi) is 5.31. The van der Waals surface area contributed by atoms with Gasteiger partial charge in [-0.1, -0.05) is 55.3 Å². The summed E-state index contributed by atoms with van der Waals surface area (Å²) in [5, 5.41) is 13.5. The van der Waals surface area contributed by atoms with Crippen LogP contribution in [0.3, 0.4) is 0 Å². The number of amides is 3. The first-order valence-corrected chi connectivity index (χ1v) is 9.96. The zero-order valence-electron chi connectivity index (χ0n) is 16.3. The van der Waals surface area contributed by atoms with Crippen LogP contribution in [-0.2, 0) is 16.1 Å². The Morgan fingerprint density at radius 3 is 2.13 bits per heavy atom. The summed E-state index contributed by atoms with van der Waals surface area (Å²) in [4.78, 5) is 50.5. The van der Waals surface area contributed by atoms with E-state index in [1.54, 1.807) is 24.3 Å². The van der Waals surface area contributed by atoms with Gasteiger partial charge in [-0.2, -0.15) is 5.01 Å². The number of rotatable bonds is 5. The van der Waals surface area contributed by atoms with Gasteiger partial charge in [-0.25, -0.2) is 5.01 Å². The summed E-state index contributed by atoms with van der Waals surface area (Å²) in [5.41, 5.74) is 0.186. The average Bonchev–Trinajstić information content (AvgIpc) is 3.03. The van der Waals surface area contributed by atoms with Gasteiger partial charge in [0, 0.05) is 6.07 Å². The molecule has 2 aliphatic rings. The Balaban J connectivity index is 1.76. The molecule has 154 valence electrons. The lowest BCUT2D eigenvalue weighted by Crippen LogP contribution is -2.49. The molecule has 0 aromatic heterocycles. The third-order valence-corrected chi connectivity index (χ3v) is 5.80. The average molecular weight is 407 g/mol. The second kappa shape index (κ2) is 8.06. The standard InChI is InChI=1S/C22H21N3O5/c26-20(18-12-6-7-13-19(18)25(29)30)23(14-15-8-2-1-3-9-15)24-21(27)16-10-4-5-11-17(16)22(24)28/h1-3,6-9,12-13,16-17H,4-5,10-11,14H2/t16-,17+. The zero-order chi connectivity index (χ0) is 21.3. The minimum Gasteiger partial charge on any atom is -0.272 e. The fraction of sp³-hybridized carbons (Fsp3) is 0.318. The number of hydrazine groups is 1. The van der Waals surface area contributed by atoms with Gasteiger partial charge in [-0.05, 0) is 24.5 Å². The highest BCUT2D eigenvalue weighted by atomic mass is 16.6. The number of benzene rings is 2. The number of nitrogens with zero attached hydrogens (tertiary/aromatic N) is 3. The van der Waals surface area contributed by atoms with Crippen LogP contribution in [0.25, 0.3) is 0 Å². The van der Waals surface area contributed by atoms with E-state index in [0.29, 0.717) is 18.4 Å². The van der Waals surface area contributed by atoms with Gasteiger partial charge in [0.05, 0.1) is 23.3 Å². The van der Waals surface area contributed by atoms with Crippen molar-refractivity contribution >= 4 is 23.4 Å². The summed E-state index contributed by atoms with van der Waals surface area (Å²) < 4.78 is 0. The molecule has 30 heavy (non-hydrogen) atoms. The highest BCUT2D eigenvalue weighted by molar-refractivity contribution is 6.08. The predicted octanol–water partition coefficient (Wildman–Crippen LogP) is 3.33. The van der Waals surface area contributed by atoms with Crippen molar-refractivity contribution in [2.45, 2.75) is 32.2 Å². The van der Waals surface area contributed by atoms with Gasteiger partial charge in [-0.3, -0.25) is 24.5 Å². The van der Waals surface area contributed by atoms with E-state index < -0.39 is 34.5 Å². The SMILES string of the molecule is O=C(c1ccccc1[N+](=O)[O-])N(Cc1ccccc1)N1C(=O)[C@H]2CCCC[C@H]2C1=O. The molecule has 2 fully saturated rings. The van der Waals surface area contributed by atoms with Crippen molar-refractivity contribution in [3.8, 4) is 0 Å². The maximum Gasteiger partial charge on any atom is 0.282 e. The van der Waals surface area contributed by atoms with E-state index in [4.69, 9.17) is 0 Å². The van der Waals surface area contributed by atoms with E-state index >= 15 is 0 Å². The number of nitro groups is 1. The molecule has 1 aliphatic carbocycles. The molecule has 0 bridgehead atoms. The first-order chi connectivity index (χ1) is 14.5. The molecular formula is C22H21N3O5. The molecule has 0 spiro atoms. The molecule has 3 amide bonds. The van der Waals surface area contributed by atoms with E-state index in [9.17, 15) is 24.5 Å². The first kappa shape index (κ1) is 19.8. The van der Waals surface area contributed by atoms with Crippen molar-refractivity contribution in [2.24, 2.45) is 11.8 Å². The lowest BCUT2D eigenvalue weighted by Gasteiger charge is -2.30. The Morgan fingerprint density at radius 1 is 0.967 bits per heavy atom. The minimum absolute atomic E-state index is 0.0390. The lowest BCUT2D eigenvalue weighted by molar-refractivity contribution is -0.385. The molecule has 2 aromatic rings. The molecule has 8 heteroatoms. The molecule has 0 N–H and O–H groups in total. The van der Waals surface area contributed by atoms with Crippen LogP contribution in [0.2, 0.25) is 0 Å². The van der Waals surface area contributed by atoms with Crippen LogP contribution in [0.4, 0.5) is 5.69 Å². The van der Waals surface area contributed by atoms with Crippen LogP contribution < -0.4 is 0 Å². The second-order valence-corrected chi connectivity index (χ2v) is 7.61. The number of hydrogen-bond acceptors (Lipinski definition) is 5. The number of para-hydroxylation sites is 1. The molecule has 8 nitrogen and oxygen atoms in total. The summed E-state index contributed by atoms with van der Waals surface area (Å²) in [6.45, 7) is -0.0390. The highest BCUT2D eigenvalue weighted by Crippen LogP contribution is 2.39. The van der Waals surface area contributed by atoms with Crippen LogP contribution in [0.5, 0.6) is 0 Å². The molecular weight excluding hydrogens is 386 g/mol. The van der Waals surface area contributed by atoms with Gasteiger partial charge in [-0.15, -0.1) is 0 Å². The number of carbonyl (C=O) groups is 3. The van der Waals surface area contributed by atoms with Gasteiger partial charge in [0.25, 0.3) is 23.4 Å². The van der Waals surface area contributed by atoms with E-state index in [-0.39, 0.29) is 17.8 Å². The van der Waals surface area contributed by atoms with Crippen molar-refractivity contribution in [3.05, 3.63) is 75.8 Å². The number of carbonyl (C=O) groups excluding carboxylic acids is 3. The fourth-order valence-electron chi connectivity index (χ4n) is 4.33. The van der Waals surface area contributed by atoms with Gasteiger partial charge in [0.2, 0.25) is 0 Å². The summed E-state index contributed by atoms with van der Waals surface area (Å²) in [6.07, 6.45) is 2.96. The third kappa shape index (κ3) is 3.45. The van der Waals surface area contributed by atoms with Crippen LogP contribution in [0.1, 0.15) is 41.6 Å². The quantitative estimate of drug-likeness (QED) is 0.430. The van der Waals surface area contributed by atoms with Crippen molar-refractivity contribution in [1.29, 1.82) is 0 Å². The number of nitro benzene ring substituents is 1.